The Morgan fingerprint density at radius 1 is 1.07 bits per heavy atom. The Hall–Kier alpha value is -0.570. The molecule has 0 aromatic heterocycles. The third kappa shape index (κ3) is 8.17. The van der Waals surface area contributed by atoms with Crippen molar-refractivity contribution in [1.82, 2.24) is 20.4 Å². The predicted octanol–water partition coefficient (Wildman–Crippen LogP) is 4.21. The summed E-state index contributed by atoms with van der Waals surface area (Å²) in [6.45, 7) is 10.1. The maximum absolute atomic E-state index is 6.32. The lowest BCUT2D eigenvalue weighted by Gasteiger charge is -2.34. The second-order valence-corrected chi connectivity index (χ2v) is 8.93. The van der Waals surface area contributed by atoms with Crippen molar-refractivity contribution in [3.63, 3.8) is 0 Å². The van der Waals surface area contributed by atoms with Gasteiger partial charge in [-0.15, -0.1) is 24.0 Å². The monoisotopic (exact) mass is 547 g/mol. The number of aliphatic imine (C=N–C) groups is 1. The average Bonchev–Trinajstić information content (AvgIpc) is 2.75. The highest BCUT2D eigenvalue weighted by atomic mass is 127. The molecule has 2 aliphatic heterocycles. The van der Waals surface area contributed by atoms with Crippen LogP contribution < -0.4 is 10.6 Å². The quantitative estimate of drug-likeness (QED) is 0.305. The first kappa shape index (κ1) is 25.7. The van der Waals surface area contributed by atoms with E-state index in [4.69, 9.17) is 11.6 Å². The number of hydrogen-bond acceptors (Lipinski definition) is 3. The molecule has 0 amide bonds. The van der Waals surface area contributed by atoms with Crippen molar-refractivity contribution in [2.24, 2.45) is 10.9 Å². The molecule has 2 aliphatic rings. The predicted molar refractivity (Wildman–Crippen MR) is 139 cm³/mol. The zero-order chi connectivity index (χ0) is 20.5. The van der Waals surface area contributed by atoms with Gasteiger partial charge in [-0.1, -0.05) is 36.7 Å². The maximum Gasteiger partial charge on any atom is 0.191 e. The molecular weight excluding hydrogens is 509 g/mol. The van der Waals surface area contributed by atoms with Gasteiger partial charge in [-0.3, -0.25) is 9.89 Å². The lowest BCUT2D eigenvalue weighted by molar-refractivity contribution is 0.178. The van der Waals surface area contributed by atoms with Gasteiger partial charge in [0.05, 0.1) is 0 Å². The van der Waals surface area contributed by atoms with Gasteiger partial charge in [-0.25, -0.2) is 0 Å². The molecule has 1 aromatic carbocycles. The normalized spacial score (nSPS) is 20.0. The van der Waals surface area contributed by atoms with Crippen LogP contribution in [0.3, 0.4) is 0 Å². The Kier molecular flexibility index (Phi) is 11.8. The molecule has 1 aromatic rings. The Morgan fingerprint density at radius 2 is 1.73 bits per heavy atom. The molecule has 5 nitrogen and oxygen atoms in total. The zero-order valence-corrected chi connectivity index (χ0v) is 21.7. The molecule has 0 unspecified atom stereocenters. The molecule has 2 N–H and O–H groups in total. The van der Waals surface area contributed by atoms with Crippen LogP contribution in [0.1, 0.15) is 44.6 Å². The van der Waals surface area contributed by atoms with Crippen molar-refractivity contribution < 1.29 is 0 Å². The SMILES string of the molecule is CCCN1CCC(NC(=NC)NCC2CCN(Cc3ccccc3Cl)CC2)CC1.I. The lowest BCUT2D eigenvalue weighted by Crippen LogP contribution is -2.50. The van der Waals surface area contributed by atoms with E-state index in [0.717, 1.165) is 37.2 Å². The van der Waals surface area contributed by atoms with Crippen LogP contribution in [0.25, 0.3) is 0 Å². The van der Waals surface area contributed by atoms with Crippen LogP contribution in [0.4, 0.5) is 0 Å². The standard InChI is InChI=1S/C23H38ClN5.HI/c1-3-12-28-15-10-21(11-16-28)27-23(25-2)26-17-19-8-13-29(14-9-19)18-20-6-4-5-7-22(20)24;/h4-7,19,21H,3,8-18H2,1-2H3,(H2,25,26,27);1H. The largest absolute Gasteiger partial charge is 0.356 e. The van der Waals surface area contributed by atoms with E-state index in [0.29, 0.717) is 12.0 Å². The Labute approximate surface area is 205 Å². The van der Waals surface area contributed by atoms with E-state index in [-0.39, 0.29) is 24.0 Å². The molecule has 0 spiro atoms. The van der Waals surface area contributed by atoms with E-state index >= 15 is 0 Å². The summed E-state index contributed by atoms with van der Waals surface area (Å²) in [4.78, 5) is 9.56. The zero-order valence-electron chi connectivity index (χ0n) is 18.6. The number of hydrogen-bond donors (Lipinski definition) is 2. The number of benzene rings is 1. The van der Waals surface area contributed by atoms with Crippen molar-refractivity contribution in [2.75, 3.05) is 46.3 Å². The smallest absolute Gasteiger partial charge is 0.191 e. The Bertz CT molecular complexity index is 640. The molecule has 0 atom stereocenters. The summed E-state index contributed by atoms with van der Waals surface area (Å²) in [6, 6.07) is 8.74. The highest BCUT2D eigenvalue weighted by Crippen LogP contribution is 2.22. The van der Waals surface area contributed by atoms with Crippen LogP contribution in [0.15, 0.2) is 29.3 Å². The fourth-order valence-electron chi connectivity index (χ4n) is 4.46. The minimum atomic E-state index is 0. The molecule has 170 valence electrons. The fraction of sp³-hybridized carbons (Fsp3) is 0.696. The second kappa shape index (κ2) is 13.8. The van der Waals surface area contributed by atoms with E-state index in [9.17, 15) is 0 Å². The highest BCUT2D eigenvalue weighted by Gasteiger charge is 2.22. The molecule has 0 radical (unpaired) electrons. The summed E-state index contributed by atoms with van der Waals surface area (Å²) < 4.78 is 0. The van der Waals surface area contributed by atoms with Gasteiger partial charge in [0.2, 0.25) is 0 Å². The molecular formula is C23H39ClIN5. The van der Waals surface area contributed by atoms with E-state index < -0.39 is 0 Å². The van der Waals surface area contributed by atoms with E-state index in [1.54, 1.807) is 0 Å². The molecule has 3 rings (SSSR count). The number of rotatable bonds is 7. The van der Waals surface area contributed by atoms with Crippen molar-refractivity contribution >= 4 is 41.5 Å². The first-order chi connectivity index (χ1) is 14.2. The van der Waals surface area contributed by atoms with Gasteiger partial charge < -0.3 is 15.5 Å². The number of piperidine rings is 2. The van der Waals surface area contributed by atoms with Crippen LogP contribution in [0.5, 0.6) is 0 Å². The van der Waals surface area contributed by atoms with Crippen LogP contribution in [0.2, 0.25) is 5.02 Å². The first-order valence-electron chi connectivity index (χ1n) is 11.3. The van der Waals surface area contributed by atoms with E-state index in [1.165, 1.54) is 57.3 Å². The summed E-state index contributed by atoms with van der Waals surface area (Å²) in [5.41, 5.74) is 1.24. The van der Waals surface area contributed by atoms with Crippen LogP contribution in [-0.2, 0) is 6.54 Å². The summed E-state index contributed by atoms with van der Waals surface area (Å²) in [7, 11) is 1.88. The topological polar surface area (TPSA) is 42.9 Å². The van der Waals surface area contributed by atoms with Crippen molar-refractivity contribution in [2.45, 2.75) is 51.6 Å². The summed E-state index contributed by atoms with van der Waals surface area (Å²) in [5.74, 6) is 1.68. The van der Waals surface area contributed by atoms with Gasteiger partial charge in [-0.2, -0.15) is 0 Å². The van der Waals surface area contributed by atoms with Gasteiger partial charge in [0, 0.05) is 44.3 Å². The van der Waals surface area contributed by atoms with Gasteiger partial charge in [0.1, 0.15) is 0 Å². The van der Waals surface area contributed by atoms with Crippen molar-refractivity contribution in [3.8, 4) is 0 Å². The molecule has 2 heterocycles. The molecule has 7 heteroatoms. The first-order valence-corrected chi connectivity index (χ1v) is 11.7. The Morgan fingerprint density at radius 3 is 2.37 bits per heavy atom. The molecule has 30 heavy (non-hydrogen) atoms. The summed E-state index contributed by atoms with van der Waals surface area (Å²) in [5, 5.41) is 8.11. The minimum Gasteiger partial charge on any atom is -0.356 e. The van der Waals surface area contributed by atoms with Crippen LogP contribution in [0, 0.1) is 5.92 Å². The third-order valence-electron chi connectivity index (χ3n) is 6.31. The fourth-order valence-corrected chi connectivity index (χ4v) is 4.66. The van der Waals surface area contributed by atoms with Crippen molar-refractivity contribution in [3.05, 3.63) is 34.9 Å². The van der Waals surface area contributed by atoms with Gasteiger partial charge >= 0.3 is 0 Å². The van der Waals surface area contributed by atoms with E-state index in [2.05, 4.69) is 44.5 Å². The third-order valence-corrected chi connectivity index (χ3v) is 6.68. The van der Waals surface area contributed by atoms with E-state index in [1.807, 2.05) is 19.2 Å². The number of nitrogens with one attached hydrogen (secondary N) is 2. The summed E-state index contributed by atoms with van der Waals surface area (Å²) in [6.07, 6.45) is 6.12. The lowest BCUT2D eigenvalue weighted by atomic mass is 9.96. The highest BCUT2D eigenvalue weighted by molar-refractivity contribution is 14.0. The van der Waals surface area contributed by atoms with Crippen molar-refractivity contribution in [1.29, 1.82) is 0 Å². The molecule has 0 bridgehead atoms. The number of nitrogens with zero attached hydrogens (tertiary/aromatic N) is 3. The number of halogens is 2. The maximum atomic E-state index is 6.32. The average molecular weight is 548 g/mol. The number of guanidine groups is 1. The molecule has 2 saturated heterocycles. The minimum absolute atomic E-state index is 0. The Balaban J connectivity index is 0.00000320. The van der Waals surface area contributed by atoms with Gasteiger partial charge in [0.25, 0.3) is 0 Å². The molecule has 0 aliphatic carbocycles. The second-order valence-electron chi connectivity index (χ2n) is 8.52. The summed E-state index contributed by atoms with van der Waals surface area (Å²) >= 11 is 6.32. The number of likely N-dealkylation sites (tertiary alicyclic amines) is 2. The molecule has 2 fully saturated rings. The van der Waals surface area contributed by atoms with Gasteiger partial charge in [0.15, 0.2) is 5.96 Å². The molecule has 0 saturated carbocycles. The van der Waals surface area contributed by atoms with Crippen LogP contribution >= 0.6 is 35.6 Å². The van der Waals surface area contributed by atoms with Crippen LogP contribution in [-0.4, -0.2) is 68.1 Å². The van der Waals surface area contributed by atoms with Gasteiger partial charge in [-0.05, 0) is 69.3 Å².